The van der Waals surface area contributed by atoms with Crippen molar-refractivity contribution >= 4 is 17.9 Å². The Balaban J connectivity index is 2.14. The number of methoxy groups -OCH3 is 1. The van der Waals surface area contributed by atoms with E-state index < -0.39 is 12.7 Å². The lowest BCUT2D eigenvalue weighted by Gasteiger charge is -2.04. The maximum atomic E-state index is 11.8. The maximum absolute atomic E-state index is 11.8. The van der Waals surface area contributed by atoms with Crippen molar-refractivity contribution in [3.05, 3.63) is 29.5 Å². The first kappa shape index (κ1) is 15.8. The zero-order valence-corrected chi connectivity index (χ0v) is 11.9. The first-order valence-corrected chi connectivity index (χ1v) is 6.54. The van der Waals surface area contributed by atoms with E-state index in [9.17, 15) is 15.0 Å². The fourth-order valence-corrected chi connectivity index (χ4v) is 1.78. The summed E-state index contributed by atoms with van der Waals surface area (Å²) in [7, 11) is 1.43. The van der Waals surface area contributed by atoms with Gasteiger partial charge in [-0.3, -0.25) is 10.1 Å². The molecule has 118 valence electrons. The molecule has 2 rings (SSSR count). The lowest BCUT2D eigenvalue weighted by Crippen LogP contribution is -2.27. The highest BCUT2D eigenvalue weighted by atomic mass is 16.5. The second-order valence-electron chi connectivity index (χ2n) is 4.59. The lowest BCUT2D eigenvalue weighted by molar-refractivity contribution is -0.115. The number of phenols is 1. The summed E-state index contributed by atoms with van der Waals surface area (Å²) >= 11 is 0. The largest absolute Gasteiger partial charge is 0.504 e. The van der Waals surface area contributed by atoms with Gasteiger partial charge in [-0.2, -0.15) is 0 Å². The number of carbonyl (C=O) groups is 1. The smallest absolute Gasteiger partial charge is 0.274 e. The van der Waals surface area contributed by atoms with Gasteiger partial charge < -0.3 is 25.4 Å². The van der Waals surface area contributed by atoms with Gasteiger partial charge in [0, 0.05) is 0 Å². The predicted molar refractivity (Wildman–Crippen MR) is 79.3 cm³/mol. The zero-order valence-electron chi connectivity index (χ0n) is 11.9. The van der Waals surface area contributed by atoms with Crippen LogP contribution in [0.25, 0.3) is 6.08 Å². The van der Waals surface area contributed by atoms with Crippen LogP contribution in [-0.2, 0) is 4.79 Å². The molecule has 0 spiro atoms. The molecule has 0 bridgehead atoms. The van der Waals surface area contributed by atoms with E-state index in [1.807, 2.05) is 0 Å². The Bertz CT molecular complexity index is 627. The highest BCUT2D eigenvalue weighted by Crippen LogP contribution is 2.27. The molecule has 22 heavy (non-hydrogen) atoms. The van der Waals surface area contributed by atoms with Crippen LogP contribution >= 0.6 is 0 Å². The van der Waals surface area contributed by atoms with Crippen molar-refractivity contribution in [2.75, 3.05) is 20.3 Å². The van der Waals surface area contributed by atoms with Crippen molar-refractivity contribution in [1.82, 2.24) is 10.6 Å². The van der Waals surface area contributed by atoms with Gasteiger partial charge in [-0.1, -0.05) is 6.07 Å². The lowest BCUT2D eigenvalue weighted by atomic mass is 10.1. The van der Waals surface area contributed by atoms with Crippen molar-refractivity contribution in [1.29, 1.82) is 0 Å². The molecule has 0 aromatic heterocycles. The molecule has 0 radical (unpaired) electrons. The van der Waals surface area contributed by atoms with Crippen LogP contribution in [0, 0.1) is 0 Å². The number of phenolic OH excluding ortho intramolecular Hbond substituents is 1. The van der Waals surface area contributed by atoms with Gasteiger partial charge in [0.15, 0.2) is 11.5 Å². The van der Waals surface area contributed by atoms with Gasteiger partial charge in [-0.15, -0.1) is 0 Å². The Kier molecular flexibility index (Phi) is 4.97. The number of carbonyl (C=O) groups excluding carboxylic acids is 1. The van der Waals surface area contributed by atoms with Crippen LogP contribution in [0.2, 0.25) is 0 Å². The standard InChI is InChI=1S/C14H17N3O5/c1-22-12-5-8(2-3-11(12)20)4-10-13(21)17-14(16-10)15-6-9(19)7-18/h2-5,9,18-20H,6-7H2,1H3,(H2,15,16,17,21)/b10-4-. The van der Waals surface area contributed by atoms with E-state index in [1.165, 1.54) is 13.2 Å². The third-order valence-electron chi connectivity index (χ3n) is 2.92. The quantitative estimate of drug-likeness (QED) is 0.452. The Morgan fingerprint density at radius 2 is 2.18 bits per heavy atom. The third kappa shape index (κ3) is 3.74. The van der Waals surface area contributed by atoms with E-state index in [4.69, 9.17) is 9.84 Å². The minimum Gasteiger partial charge on any atom is -0.504 e. The molecule has 1 fully saturated rings. The number of aliphatic imine (C=N–C) groups is 1. The Labute approximate surface area is 126 Å². The number of guanidine groups is 1. The number of aliphatic hydroxyl groups is 2. The first-order valence-electron chi connectivity index (χ1n) is 6.54. The number of amides is 1. The van der Waals surface area contributed by atoms with E-state index in [1.54, 1.807) is 18.2 Å². The summed E-state index contributed by atoms with van der Waals surface area (Å²) in [6, 6.07) is 4.68. The third-order valence-corrected chi connectivity index (χ3v) is 2.92. The molecule has 1 heterocycles. The molecule has 1 aliphatic rings. The summed E-state index contributed by atoms with van der Waals surface area (Å²) in [4.78, 5) is 15.8. The number of benzene rings is 1. The fraction of sp³-hybridized carbons (Fsp3) is 0.286. The van der Waals surface area contributed by atoms with Crippen molar-refractivity contribution in [2.45, 2.75) is 6.10 Å². The summed E-state index contributed by atoms with van der Waals surface area (Å²) in [5.41, 5.74) is 0.925. The minimum absolute atomic E-state index is 0.00808. The van der Waals surface area contributed by atoms with Crippen molar-refractivity contribution < 1.29 is 24.9 Å². The molecule has 1 unspecified atom stereocenters. The van der Waals surface area contributed by atoms with Crippen LogP contribution in [0.15, 0.2) is 28.9 Å². The number of nitrogens with zero attached hydrogens (tertiary/aromatic N) is 1. The molecule has 5 N–H and O–H groups in total. The predicted octanol–water partition coefficient (Wildman–Crippen LogP) is -0.830. The SMILES string of the molecule is COc1cc(/C=C2\NC(=NCC(O)CO)NC2=O)ccc1O. The van der Waals surface area contributed by atoms with E-state index in [0.29, 0.717) is 11.3 Å². The van der Waals surface area contributed by atoms with Gasteiger partial charge in [0.2, 0.25) is 5.96 Å². The molecule has 1 aromatic carbocycles. The van der Waals surface area contributed by atoms with Crippen LogP contribution in [0.3, 0.4) is 0 Å². The van der Waals surface area contributed by atoms with Gasteiger partial charge in [0.1, 0.15) is 5.70 Å². The highest BCUT2D eigenvalue weighted by molar-refractivity contribution is 6.15. The topological polar surface area (TPSA) is 123 Å². The molecule has 1 atom stereocenters. The molecular formula is C14H17N3O5. The van der Waals surface area contributed by atoms with Crippen LogP contribution < -0.4 is 15.4 Å². The van der Waals surface area contributed by atoms with Crippen LogP contribution in [-0.4, -0.2) is 53.6 Å². The summed E-state index contributed by atoms with van der Waals surface area (Å²) in [5.74, 6) is 0.139. The summed E-state index contributed by atoms with van der Waals surface area (Å²) in [6.07, 6.45) is 0.600. The van der Waals surface area contributed by atoms with E-state index >= 15 is 0 Å². The normalized spacial score (nSPS) is 19.1. The molecule has 1 aliphatic heterocycles. The molecular weight excluding hydrogens is 290 g/mol. The highest BCUT2D eigenvalue weighted by Gasteiger charge is 2.21. The second kappa shape index (κ2) is 6.92. The van der Waals surface area contributed by atoms with Crippen LogP contribution in [0.5, 0.6) is 11.5 Å². The molecule has 1 aromatic rings. The van der Waals surface area contributed by atoms with Gasteiger partial charge in [-0.25, -0.2) is 4.99 Å². The average molecular weight is 307 g/mol. The number of rotatable bonds is 5. The number of nitrogens with one attached hydrogen (secondary N) is 2. The monoisotopic (exact) mass is 307 g/mol. The maximum Gasteiger partial charge on any atom is 0.274 e. The Morgan fingerprint density at radius 3 is 2.86 bits per heavy atom. The minimum atomic E-state index is -0.972. The summed E-state index contributed by atoms with van der Waals surface area (Å²) < 4.78 is 5.00. The van der Waals surface area contributed by atoms with Gasteiger partial charge in [-0.05, 0) is 23.8 Å². The molecule has 1 amide bonds. The number of hydrogen-bond acceptors (Lipinski definition) is 6. The molecule has 8 nitrogen and oxygen atoms in total. The van der Waals surface area contributed by atoms with Gasteiger partial charge in [0.25, 0.3) is 5.91 Å². The van der Waals surface area contributed by atoms with Crippen molar-refractivity contribution in [2.24, 2.45) is 4.99 Å². The Morgan fingerprint density at radius 1 is 1.41 bits per heavy atom. The summed E-state index contributed by atoms with van der Waals surface area (Å²) in [6.45, 7) is -0.430. The van der Waals surface area contributed by atoms with E-state index in [2.05, 4.69) is 15.6 Å². The number of aliphatic hydroxyl groups excluding tert-OH is 2. The van der Waals surface area contributed by atoms with E-state index in [-0.39, 0.29) is 29.9 Å². The van der Waals surface area contributed by atoms with E-state index in [0.717, 1.165) is 0 Å². The number of ether oxygens (including phenoxy) is 1. The van der Waals surface area contributed by atoms with Crippen molar-refractivity contribution in [3.63, 3.8) is 0 Å². The summed E-state index contributed by atoms with van der Waals surface area (Å²) in [5, 5.41) is 32.7. The van der Waals surface area contributed by atoms with Crippen LogP contribution in [0.1, 0.15) is 5.56 Å². The number of aromatic hydroxyl groups is 1. The molecule has 0 aliphatic carbocycles. The average Bonchev–Trinajstić information content (AvgIpc) is 2.86. The molecule has 1 saturated heterocycles. The number of hydrogen-bond donors (Lipinski definition) is 5. The molecule has 0 saturated carbocycles. The Hall–Kier alpha value is -2.58. The van der Waals surface area contributed by atoms with Crippen molar-refractivity contribution in [3.8, 4) is 11.5 Å². The van der Waals surface area contributed by atoms with Gasteiger partial charge >= 0.3 is 0 Å². The fourth-order valence-electron chi connectivity index (χ4n) is 1.78. The first-order chi connectivity index (χ1) is 10.5. The molecule has 8 heteroatoms. The zero-order chi connectivity index (χ0) is 16.1. The second-order valence-corrected chi connectivity index (χ2v) is 4.59. The van der Waals surface area contributed by atoms with Gasteiger partial charge in [0.05, 0.1) is 26.4 Å². The van der Waals surface area contributed by atoms with Crippen LogP contribution in [0.4, 0.5) is 0 Å².